The van der Waals surface area contributed by atoms with E-state index in [2.05, 4.69) is 0 Å². The Morgan fingerprint density at radius 3 is 2.74 bits per heavy atom. The number of benzene rings is 2. The standard InChI is InChI=1S/C15H12N2O2/c1-10(18)15-12-5-3-2-4-11(12)6-7-13(15)19-14(17)8-9-16/h2-7,17H,8H2,1H3. The Morgan fingerprint density at radius 2 is 2.05 bits per heavy atom. The van der Waals surface area contributed by atoms with Gasteiger partial charge >= 0.3 is 0 Å². The van der Waals surface area contributed by atoms with E-state index in [0.29, 0.717) is 11.3 Å². The van der Waals surface area contributed by atoms with E-state index in [-0.39, 0.29) is 18.1 Å². The number of nitrogens with zero attached hydrogens (tertiary/aromatic N) is 1. The molecule has 0 aliphatic rings. The lowest BCUT2D eigenvalue weighted by Crippen LogP contribution is -2.09. The van der Waals surface area contributed by atoms with E-state index in [9.17, 15) is 4.79 Å². The summed E-state index contributed by atoms with van der Waals surface area (Å²) in [7, 11) is 0. The number of carbonyl (C=O) groups is 1. The van der Waals surface area contributed by atoms with E-state index in [4.69, 9.17) is 15.4 Å². The molecule has 0 heterocycles. The van der Waals surface area contributed by atoms with Crippen molar-refractivity contribution in [2.24, 2.45) is 0 Å². The zero-order chi connectivity index (χ0) is 13.8. The van der Waals surface area contributed by atoms with Crippen molar-refractivity contribution < 1.29 is 9.53 Å². The predicted octanol–water partition coefficient (Wildman–Crippen LogP) is 3.31. The quantitative estimate of drug-likeness (QED) is 0.517. The van der Waals surface area contributed by atoms with Crippen LogP contribution in [-0.4, -0.2) is 11.7 Å². The largest absolute Gasteiger partial charge is 0.442 e. The third-order valence-corrected chi connectivity index (χ3v) is 2.72. The first-order chi connectivity index (χ1) is 9.13. The molecule has 19 heavy (non-hydrogen) atoms. The fourth-order valence-corrected chi connectivity index (χ4v) is 1.94. The molecule has 0 fully saturated rings. The Balaban J connectivity index is 2.55. The number of carbonyl (C=O) groups excluding carboxylic acids is 1. The molecule has 4 heteroatoms. The number of hydrogen-bond donors (Lipinski definition) is 1. The van der Waals surface area contributed by atoms with Crippen LogP contribution in [0.5, 0.6) is 5.75 Å². The number of fused-ring (bicyclic) bond motifs is 1. The second-order valence-electron chi connectivity index (χ2n) is 4.08. The van der Waals surface area contributed by atoms with Gasteiger partial charge in [-0.15, -0.1) is 0 Å². The van der Waals surface area contributed by atoms with Crippen molar-refractivity contribution in [3.05, 3.63) is 42.0 Å². The molecule has 0 bridgehead atoms. The summed E-state index contributed by atoms with van der Waals surface area (Å²) in [4.78, 5) is 11.8. The van der Waals surface area contributed by atoms with Gasteiger partial charge in [0.2, 0.25) is 5.90 Å². The zero-order valence-electron chi connectivity index (χ0n) is 10.4. The van der Waals surface area contributed by atoms with Gasteiger partial charge in [-0.2, -0.15) is 5.26 Å². The van der Waals surface area contributed by atoms with Gasteiger partial charge in [0.05, 0.1) is 11.6 Å². The van der Waals surface area contributed by atoms with Crippen LogP contribution in [0.3, 0.4) is 0 Å². The van der Waals surface area contributed by atoms with Crippen molar-refractivity contribution >= 4 is 22.5 Å². The highest BCUT2D eigenvalue weighted by Gasteiger charge is 2.14. The molecule has 0 saturated heterocycles. The third-order valence-electron chi connectivity index (χ3n) is 2.72. The van der Waals surface area contributed by atoms with Crippen molar-refractivity contribution in [3.8, 4) is 11.8 Å². The molecule has 0 aromatic heterocycles. The lowest BCUT2D eigenvalue weighted by Gasteiger charge is -2.11. The van der Waals surface area contributed by atoms with Crippen LogP contribution < -0.4 is 4.74 Å². The second-order valence-corrected chi connectivity index (χ2v) is 4.08. The second kappa shape index (κ2) is 5.32. The van der Waals surface area contributed by atoms with Gasteiger partial charge in [0.15, 0.2) is 5.78 Å². The van der Waals surface area contributed by atoms with Crippen LogP contribution in [0, 0.1) is 16.7 Å². The van der Waals surface area contributed by atoms with Gasteiger partial charge in [0.1, 0.15) is 12.2 Å². The van der Waals surface area contributed by atoms with E-state index in [1.807, 2.05) is 36.4 Å². The van der Waals surface area contributed by atoms with E-state index < -0.39 is 0 Å². The zero-order valence-corrected chi connectivity index (χ0v) is 10.4. The molecule has 94 valence electrons. The van der Waals surface area contributed by atoms with Crippen molar-refractivity contribution in [2.75, 3.05) is 0 Å². The van der Waals surface area contributed by atoms with Crippen molar-refractivity contribution in [1.29, 1.82) is 10.7 Å². The molecule has 0 atom stereocenters. The third kappa shape index (κ3) is 2.61. The number of ether oxygens (including phenoxy) is 1. The minimum Gasteiger partial charge on any atom is -0.442 e. The van der Waals surface area contributed by atoms with Crippen LogP contribution in [0.4, 0.5) is 0 Å². The van der Waals surface area contributed by atoms with Gasteiger partial charge in [-0.3, -0.25) is 10.2 Å². The molecule has 0 aliphatic heterocycles. The van der Waals surface area contributed by atoms with Gasteiger partial charge in [0.25, 0.3) is 0 Å². The maximum absolute atomic E-state index is 11.8. The summed E-state index contributed by atoms with van der Waals surface area (Å²) < 4.78 is 5.30. The highest BCUT2D eigenvalue weighted by Crippen LogP contribution is 2.28. The van der Waals surface area contributed by atoms with Crippen LogP contribution >= 0.6 is 0 Å². The molecular weight excluding hydrogens is 240 g/mol. The van der Waals surface area contributed by atoms with E-state index in [1.54, 1.807) is 6.07 Å². The van der Waals surface area contributed by atoms with E-state index >= 15 is 0 Å². The number of hydrogen-bond acceptors (Lipinski definition) is 4. The summed E-state index contributed by atoms with van der Waals surface area (Å²) in [5.74, 6) is 0.0308. The SMILES string of the molecule is CC(=O)c1c(OC(=N)CC#N)ccc2ccccc12. The van der Waals surface area contributed by atoms with Crippen LogP contribution in [-0.2, 0) is 0 Å². The molecule has 0 unspecified atom stereocenters. The maximum Gasteiger partial charge on any atom is 0.201 e. The average molecular weight is 252 g/mol. The predicted molar refractivity (Wildman–Crippen MR) is 72.5 cm³/mol. The fourth-order valence-electron chi connectivity index (χ4n) is 1.94. The first-order valence-electron chi connectivity index (χ1n) is 5.78. The van der Waals surface area contributed by atoms with Gasteiger partial charge in [-0.1, -0.05) is 30.3 Å². The number of rotatable bonds is 3. The molecule has 0 saturated carbocycles. The molecule has 0 radical (unpaired) electrons. The van der Waals surface area contributed by atoms with Gasteiger partial charge in [-0.05, 0) is 23.8 Å². The molecule has 0 amide bonds. The number of ketones is 1. The lowest BCUT2D eigenvalue weighted by atomic mass is 10.0. The highest BCUT2D eigenvalue weighted by atomic mass is 16.5. The normalized spacial score (nSPS) is 9.89. The summed E-state index contributed by atoms with van der Waals surface area (Å²) in [6, 6.07) is 12.8. The Labute approximate surface area is 110 Å². The number of nitrogens with one attached hydrogen (secondary N) is 1. The summed E-state index contributed by atoms with van der Waals surface area (Å²) in [5, 5.41) is 17.8. The van der Waals surface area contributed by atoms with Crippen LogP contribution in [0.25, 0.3) is 10.8 Å². The Bertz CT molecular complexity index is 699. The van der Waals surface area contributed by atoms with Gasteiger partial charge in [-0.25, -0.2) is 0 Å². The highest BCUT2D eigenvalue weighted by molar-refractivity contribution is 6.09. The summed E-state index contributed by atoms with van der Waals surface area (Å²) >= 11 is 0. The number of Topliss-reactive ketones (excluding diaryl/α,β-unsaturated/α-hetero) is 1. The topological polar surface area (TPSA) is 73.9 Å². The first kappa shape index (κ1) is 12.8. The molecule has 2 aromatic rings. The minimum absolute atomic E-state index is 0.121. The monoisotopic (exact) mass is 252 g/mol. The van der Waals surface area contributed by atoms with Gasteiger partial charge in [0, 0.05) is 0 Å². The maximum atomic E-state index is 11.8. The Kier molecular flexibility index (Phi) is 3.58. The van der Waals surface area contributed by atoms with Crippen LogP contribution in [0.15, 0.2) is 36.4 Å². The smallest absolute Gasteiger partial charge is 0.201 e. The van der Waals surface area contributed by atoms with Crippen LogP contribution in [0.1, 0.15) is 23.7 Å². The molecule has 0 aliphatic carbocycles. The first-order valence-corrected chi connectivity index (χ1v) is 5.78. The Hall–Kier alpha value is -2.67. The van der Waals surface area contributed by atoms with Crippen molar-refractivity contribution in [2.45, 2.75) is 13.3 Å². The molecule has 2 aromatic carbocycles. The molecule has 0 spiro atoms. The fraction of sp³-hybridized carbons (Fsp3) is 0.133. The van der Waals surface area contributed by atoms with Crippen molar-refractivity contribution in [3.63, 3.8) is 0 Å². The molecule has 4 nitrogen and oxygen atoms in total. The van der Waals surface area contributed by atoms with E-state index in [1.165, 1.54) is 6.92 Å². The summed E-state index contributed by atoms with van der Waals surface area (Å²) in [6.45, 7) is 1.46. The lowest BCUT2D eigenvalue weighted by molar-refractivity contribution is 0.101. The summed E-state index contributed by atoms with van der Waals surface area (Å²) in [5.41, 5.74) is 0.445. The molecule has 2 rings (SSSR count). The van der Waals surface area contributed by atoms with Crippen LogP contribution in [0.2, 0.25) is 0 Å². The average Bonchev–Trinajstić information content (AvgIpc) is 2.38. The molecule has 1 N–H and O–H groups in total. The van der Waals surface area contributed by atoms with Gasteiger partial charge < -0.3 is 4.74 Å². The van der Waals surface area contributed by atoms with Crippen molar-refractivity contribution in [1.82, 2.24) is 0 Å². The molecular formula is C15H12N2O2. The minimum atomic E-state index is -0.166. The Morgan fingerprint density at radius 1 is 1.32 bits per heavy atom. The number of nitriles is 1. The van der Waals surface area contributed by atoms with E-state index in [0.717, 1.165) is 10.8 Å². The summed E-state index contributed by atoms with van der Waals surface area (Å²) in [6.07, 6.45) is -0.121.